The highest BCUT2D eigenvalue weighted by atomic mass is 35.5. The number of aromatic nitrogens is 3. The van der Waals surface area contributed by atoms with Gasteiger partial charge in [-0.1, -0.05) is 35.9 Å². The zero-order chi connectivity index (χ0) is 23.7. The van der Waals surface area contributed by atoms with Crippen LogP contribution >= 0.6 is 11.6 Å². The van der Waals surface area contributed by atoms with Gasteiger partial charge in [0.1, 0.15) is 17.6 Å². The zero-order valence-corrected chi connectivity index (χ0v) is 19.6. The van der Waals surface area contributed by atoms with Crippen molar-refractivity contribution in [3.63, 3.8) is 0 Å². The number of hydrogen-bond donors (Lipinski definition) is 1. The maximum absolute atomic E-state index is 13.6. The van der Waals surface area contributed by atoms with E-state index < -0.39 is 6.04 Å². The number of fused-ring (bicyclic) bond motifs is 5. The summed E-state index contributed by atoms with van der Waals surface area (Å²) in [6.45, 7) is 1.89. The summed E-state index contributed by atoms with van der Waals surface area (Å²) in [6, 6.07) is 18.7. The maximum atomic E-state index is 13.6. The van der Waals surface area contributed by atoms with Crippen molar-refractivity contribution in [3.8, 4) is 16.9 Å². The van der Waals surface area contributed by atoms with E-state index in [2.05, 4.69) is 9.88 Å². The molecule has 1 aliphatic heterocycles. The molecule has 34 heavy (non-hydrogen) atoms. The number of benzene rings is 2. The first-order chi connectivity index (χ1) is 16.4. The molecule has 1 atom stereocenters. The van der Waals surface area contributed by atoms with Gasteiger partial charge in [-0.2, -0.15) is 0 Å². The zero-order valence-electron chi connectivity index (χ0n) is 18.8. The number of aryl methyl sites for hydroxylation is 2. The Kier molecular flexibility index (Phi) is 4.41. The molecule has 0 amide bonds. The fourth-order valence-corrected chi connectivity index (χ4v) is 5.05. The molecular weight excluding hydrogens is 452 g/mol. The molecule has 1 unspecified atom stereocenters. The van der Waals surface area contributed by atoms with E-state index in [4.69, 9.17) is 16.0 Å². The number of nitrogens with zero attached hydrogens (tertiary/aromatic N) is 3. The van der Waals surface area contributed by atoms with Gasteiger partial charge in [0.15, 0.2) is 0 Å². The Hall–Kier alpha value is -3.97. The third kappa shape index (κ3) is 2.77. The molecule has 0 aliphatic carbocycles. The van der Waals surface area contributed by atoms with Crippen molar-refractivity contribution < 1.29 is 4.42 Å². The molecule has 0 bridgehead atoms. The van der Waals surface area contributed by atoms with Crippen LogP contribution in [0.2, 0.25) is 5.02 Å². The van der Waals surface area contributed by atoms with Crippen LogP contribution in [0.15, 0.2) is 74.7 Å². The second-order valence-electron chi connectivity index (χ2n) is 8.55. The summed E-state index contributed by atoms with van der Waals surface area (Å²) in [5, 5.41) is 4.64. The van der Waals surface area contributed by atoms with E-state index in [1.807, 2.05) is 55.5 Å². The van der Waals surface area contributed by atoms with Crippen LogP contribution in [-0.2, 0) is 14.1 Å². The fraction of sp³-hybridized carbons (Fsp3) is 0.154. The van der Waals surface area contributed by atoms with Crippen LogP contribution in [0.25, 0.3) is 27.8 Å². The molecule has 0 radical (unpaired) electrons. The van der Waals surface area contributed by atoms with Crippen LogP contribution in [0.3, 0.4) is 0 Å². The van der Waals surface area contributed by atoms with Gasteiger partial charge in [0.25, 0.3) is 5.56 Å². The molecule has 170 valence electrons. The summed E-state index contributed by atoms with van der Waals surface area (Å²) in [4.78, 5) is 26.6. The Morgan fingerprint density at radius 2 is 1.68 bits per heavy atom. The van der Waals surface area contributed by atoms with Crippen LogP contribution in [0.4, 0.5) is 5.69 Å². The van der Waals surface area contributed by atoms with E-state index in [0.29, 0.717) is 27.4 Å². The molecule has 7 nitrogen and oxygen atoms in total. The van der Waals surface area contributed by atoms with Crippen molar-refractivity contribution in [3.05, 3.63) is 104 Å². The second-order valence-corrected chi connectivity index (χ2v) is 8.98. The van der Waals surface area contributed by atoms with Crippen molar-refractivity contribution in [1.29, 1.82) is 0 Å². The summed E-state index contributed by atoms with van der Waals surface area (Å²) in [6.07, 6.45) is 0. The summed E-state index contributed by atoms with van der Waals surface area (Å²) in [5.74, 6) is 1.48. The highest BCUT2D eigenvalue weighted by Gasteiger charge is 2.35. The lowest BCUT2D eigenvalue weighted by Gasteiger charge is -2.29. The lowest BCUT2D eigenvalue weighted by atomic mass is 10.1. The number of furan rings is 1. The number of halogens is 1. The van der Waals surface area contributed by atoms with E-state index in [-0.39, 0.29) is 11.2 Å². The van der Waals surface area contributed by atoms with E-state index in [0.717, 1.165) is 33.0 Å². The molecule has 6 rings (SSSR count). The SMILES string of the molecule is Cc1ccc(C2Nc3ccccc3-n3c(-c4ccc(Cl)cc4)c4c(=O)n(C)c(=O)n(C)c4c32)o1. The van der Waals surface area contributed by atoms with Crippen molar-refractivity contribution in [2.24, 2.45) is 14.1 Å². The van der Waals surface area contributed by atoms with E-state index >= 15 is 0 Å². The van der Waals surface area contributed by atoms with Crippen molar-refractivity contribution in [2.45, 2.75) is 13.0 Å². The number of hydrogen-bond acceptors (Lipinski definition) is 4. The van der Waals surface area contributed by atoms with Gasteiger partial charge in [-0.15, -0.1) is 0 Å². The Labute approximate surface area is 199 Å². The predicted molar refractivity (Wildman–Crippen MR) is 133 cm³/mol. The number of rotatable bonds is 2. The minimum Gasteiger partial charge on any atom is -0.464 e. The lowest BCUT2D eigenvalue weighted by Crippen LogP contribution is -2.37. The quantitative estimate of drug-likeness (QED) is 0.402. The molecule has 1 aliphatic rings. The minimum absolute atomic E-state index is 0.350. The molecule has 0 spiro atoms. The van der Waals surface area contributed by atoms with Crippen molar-refractivity contribution in [2.75, 3.05) is 5.32 Å². The highest BCUT2D eigenvalue weighted by molar-refractivity contribution is 6.30. The van der Waals surface area contributed by atoms with Crippen molar-refractivity contribution >= 4 is 28.2 Å². The van der Waals surface area contributed by atoms with Gasteiger partial charge in [-0.05, 0) is 48.9 Å². The normalized spacial score (nSPS) is 14.6. The largest absolute Gasteiger partial charge is 0.464 e. The third-order valence-electron chi connectivity index (χ3n) is 6.49. The molecular formula is C26H21ClN4O3. The van der Waals surface area contributed by atoms with E-state index in [1.165, 1.54) is 7.05 Å². The Morgan fingerprint density at radius 3 is 2.38 bits per heavy atom. The van der Waals surface area contributed by atoms with Crippen LogP contribution < -0.4 is 16.6 Å². The summed E-state index contributed by atoms with van der Waals surface area (Å²) in [5.41, 5.74) is 3.91. The molecule has 5 aromatic rings. The van der Waals surface area contributed by atoms with Gasteiger partial charge >= 0.3 is 5.69 Å². The smallest absolute Gasteiger partial charge is 0.331 e. The van der Waals surface area contributed by atoms with Crippen LogP contribution in [0.5, 0.6) is 0 Å². The number of anilines is 1. The van der Waals surface area contributed by atoms with E-state index in [1.54, 1.807) is 23.7 Å². The summed E-state index contributed by atoms with van der Waals surface area (Å²) in [7, 11) is 3.20. The first-order valence-electron chi connectivity index (χ1n) is 10.9. The molecule has 1 N–H and O–H groups in total. The van der Waals surface area contributed by atoms with Gasteiger partial charge in [0, 0.05) is 19.1 Å². The van der Waals surface area contributed by atoms with Gasteiger partial charge in [0.2, 0.25) is 0 Å². The fourth-order valence-electron chi connectivity index (χ4n) is 4.92. The van der Waals surface area contributed by atoms with E-state index in [9.17, 15) is 9.59 Å². The molecule has 0 saturated heterocycles. The average molecular weight is 473 g/mol. The summed E-state index contributed by atoms with van der Waals surface area (Å²) >= 11 is 6.18. The minimum atomic E-state index is -0.412. The molecule has 8 heteroatoms. The first kappa shape index (κ1) is 20.6. The Balaban J connectivity index is 1.87. The third-order valence-corrected chi connectivity index (χ3v) is 6.74. The maximum Gasteiger partial charge on any atom is 0.331 e. The van der Waals surface area contributed by atoms with Gasteiger partial charge in [-0.3, -0.25) is 13.9 Å². The second kappa shape index (κ2) is 7.27. The van der Waals surface area contributed by atoms with Crippen molar-refractivity contribution in [1.82, 2.24) is 13.7 Å². The van der Waals surface area contributed by atoms with Gasteiger partial charge in [-0.25, -0.2) is 4.79 Å². The predicted octanol–water partition coefficient (Wildman–Crippen LogP) is 4.76. The standard InChI is InChI=1S/C26H21ClN4O3/c1-14-8-13-19(34-14)21-24-23-20(25(32)30(3)26(33)29(23)2)22(15-9-11-16(27)12-10-15)31(24)18-7-5-4-6-17(18)28-21/h4-13,21,28H,1-3H3. The number of nitrogens with one attached hydrogen (secondary N) is 1. The molecule has 0 saturated carbocycles. The van der Waals surface area contributed by atoms with Gasteiger partial charge < -0.3 is 14.3 Å². The molecule has 3 aromatic heterocycles. The molecule has 2 aromatic carbocycles. The molecule has 4 heterocycles. The topological polar surface area (TPSA) is 74.1 Å². The Bertz CT molecular complexity index is 1720. The molecule has 0 fully saturated rings. The number of para-hydroxylation sites is 2. The Morgan fingerprint density at radius 1 is 0.941 bits per heavy atom. The highest BCUT2D eigenvalue weighted by Crippen LogP contribution is 2.45. The van der Waals surface area contributed by atoms with Crippen LogP contribution in [-0.4, -0.2) is 13.7 Å². The average Bonchev–Trinajstić information content (AvgIpc) is 3.43. The lowest BCUT2D eigenvalue weighted by molar-refractivity contribution is 0.469. The van der Waals surface area contributed by atoms with Gasteiger partial charge in [0.05, 0.1) is 33.7 Å². The first-order valence-corrected chi connectivity index (χ1v) is 11.3. The monoisotopic (exact) mass is 472 g/mol. The van der Waals surface area contributed by atoms with Crippen LogP contribution in [0, 0.1) is 6.92 Å². The summed E-state index contributed by atoms with van der Waals surface area (Å²) < 4.78 is 10.8. The van der Waals surface area contributed by atoms with Crippen LogP contribution in [0.1, 0.15) is 23.3 Å².